The van der Waals surface area contributed by atoms with E-state index in [2.05, 4.69) is 40.3 Å². The fourth-order valence-corrected chi connectivity index (χ4v) is 3.63. The van der Waals surface area contributed by atoms with Crippen molar-refractivity contribution in [2.75, 3.05) is 52.6 Å². The van der Waals surface area contributed by atoms with Gasteiger partial charge in [0.2, 0.25) is 0 Å². The van der Waals surface area contributed by atoms with Crippen molar-refractivity contribution in [2.45, 2.75) is 33.2 Å². The summed E-state index contributed by atoms with van der Waals surface area (Å²) in [6, 6.07) is 4.26. The van der Waals surface area contributed by atoms with Gasteiger partial charge in [-0.2, -0.15) is 0 Å². The highest BCUT2D eigenvalue weighted by Gasteiger charge is 2.14. The molecule has 0 radical (unpaired) electrons. The SMILES string of the molecule is CCCOc1c(Br)cc(C[NH2+]CCC[NH+]2CCOCC2)cc1OCC. The van der Waals surface area contributed by atoms with Gasteiger partial charge in [0.1, 0.15) is 19.6 Å². The smallest absolute Gasteiger partial charge is 0.175 e. The van der Waals surface area contributed by atoms with Crippen molar-refractivity contribution in [3.8, 4) is 11.5 Å². The highest BCUT2D eigenvalue weighted by Crippen LogP contribution is 2.36. The number of nitrogens with one attached hydrogen (secondary N) is 1. The molecule has 3 N–H and O–H groups in total. The zero-order valence-electron chi connectivity index (χ0n) is 15.6. The first-order chi connectivity index (χ1) is 12.2. The molecule has 0 aromatic heterocycles. The number of rotatable bonds is 11. The molecule has 25 heavy (non-hydrogen) atoms. The Morgan fingerprint density at radius 2 is 2.00 bits per heavy atom. The number of nitrogens with two attached hydrogens (primary N) is 1. The van der Waals surface area contributed by atoms with Crippen molar-refractivity contribution in [3.05, 3.63) is 22.2 Å². The van der Waals surface area contributed by atoms with Crippen molar-refractivity contribution in [2.24, 2.45) is 0 Å². The third kappa shape index (κ3) is 7.13. The maximum absolute atomic E-state index is 5.84. The Labute approximate surface area is 160 Å². The maximum atomic E-state index is 5.84. The van der Waals surface area contributed by atoms with Gasteiger partial charge in [-0.05, 0) is 41.4 Å². The molecular weight excluding hydrogens is 384 g/mol. The molecule has 0 spiro atoms. The Balaban J connectivity index is 1.80. The molecule has 142 valence electrons. The van der Waals surface area contributed by atoms with Crippen LogP contribution in [0, 0.1) is 0 Å². The fraction of sp³-hybridized carbons (Fsp3) is 0.684. The van der Waals surface area contributed by atoms with Crippen LogP contribution < -0.4 is 19.7 Å². The van der Waals surface area contributed by atoms with E-state index in [-0.39, 0.29) is 0 Å². The third-order valence-corrected chi connectivity index (χ3v) is 4.93. The minimum absolute atomic E-state index is 0.643. The van der Waals surface area contributed by atoms with Crippen LogP contribution in [-0.2, 0) is 11.3 Å². The first-order valence-electron chi connectivity index (χ1n) is 9.55. The van der Waals surface area contributed by atoms with E-state index >= 15 is 0 Å². The molecule has 0 saturated carbocycles. The standard InChI is InChI=1S/C19H31BrN2O3/c1-3-10-25-19-17(20)13-16(14-18(19)24-4-2)15-21-6-5-7-22-8-11-23-12-9-22/h13-14,21H,3-12,15H2,1-2H3/p+2. The van der Waals surface area contributed by atoms with E-state index in [0.717, 1.165) is 61.8 Å². The van der Waals surface area contributed by atoms with Crippen molar-refractivity contribution < 1.29 is 24.4 Å². The summed E-state index contributed by atoms with van der Waals surface area (Å²) in [6.07, 6.45) is 2.23. The second-order valence-electron chi connectivity index (χ2n) is 6.43. The van der Waals surface area contributed by atoms with E-state index < -0.39 is 0 Å². The number of morpholine rings is 1. The summed E-state index contributed by atoms with van der Waals surface area (Å²) in [7, 11) is 0. The molecule has 1 aliphatic rings. The molecule has 0 atom stereocenters. The van der Waals surface area contributed by atoms with Gasteiger partial charge in [0.25, 0.3) is 0 Å². The van der Waals surface area contributed by atoms with Gasteiger partial charge < -0.3 is 24.4 Å². The number of ether oxygens (including phenoxy) is 3. The second kappa shape index (κ2) is 11.7. The van der Waals surface area contributed by atoms with E-state index in [1.807, 2.05) is 6.92 Å². The normalized spacial score (nSPS) is 15.3. The van der Waals surface area contributed by atoms with Gasteiger partial charge in [-0.15, -0.1) is 0 Å². The van der Waals surface area contributed by atoms with Gasteiger partial charge in [-0.3, -0.25) is 0 Å². The number of hydrogen-bond acceptors (Lipinski definition) is 3. The van der Waals surface area contributed by atoms with Gasteiger partial charge in [-0.25, -0.2) is 0 Å². The highest BCUT2D eigenvalue weighted by molar-refractivity contribution is 9.10. The summed E-state index contributed by atoms with van der Waals surface area (Å²) in [5.41, 5.74) is 1.26. The monoisotopic (exact) mass is 416 g/mol. The summed E-state index contributed by atoms with van der Waals surface area (Å²) in [5, 5.41) is 2.38. The average Bonchev–Trinajstić information content (AvgIpc) is 2.62. The Kier molecular flexibility index (Phi) is 9.61. The Morgan fingerprint density at radius 1 is 1.20 bits per heavy atom. The van der Waals surface area contributed by atoms with Crippen LogP contribution in [0.2, 0.25) is 0 Å². The molecule has 6 heteroatoms. The van der Waals surface area contributed by atoms with Crippen LogP contribution in [0.25, 0.3) is 0 Å². The van der Waals surface area contributed by atoms with Crippen LogP contribution in [0.3, 0.4) is 0 Å². The van der Waals surface area contributed by atoms with Crippen LogP contribution in [0.5, 0.6) is 11.5 Å². The molecule has 0 aliphatic carbocycles. The molecule has 1 fully saturated rings. The topological polar surface area (TPSA) is 48.7 Å². The molecule has 1 saturated heterocycles. The predicted molar refractivity (Wildman–Crippen MR) is 103 cm³/mol. The molecule has 1 aromatic rings. The zero-order valence-corrected chi connectivity index (χ0v) is 17.2. The molecule has 0 unspecified atom stereocenters. The zero-order chi connectivity index (χ0) is 17.9. The van der Waals surface area contributed by atoms with Crippen molar-refractivity contribution in [1.29, 1.82) is 0 Å². The lowest BCUT2D eigenvalue weighted by Crippen LogP contribution is -3.14. The van der Waals surface area contributed by atoms with Crippen LogP contribution in [0.4, 0.5) is 0 Å². The minimum Gasteiger partial charge on any atom is -0.490 e. The number of hydrogen-bond donors (Lipinski definition) is 2. The largest absolute Gasteiger partial charge is 0.490 e. The Morgan fingerprint density at radius 3 is 2.72 bits per heavy atom. The van der Waals surface area contributed by atoms with Gasteiger partial charge >= 0.3 is 0 Å². The Hall–Kier alpha value is -0.820. The van der Waals surface area contributed by atoms with Gasteiger partial charge in [0.05, 0.1) is 44.0 Å². The minimum atomic E-state index is 0.643. The van der Waals surface area contributed by atoms with Crippen molar-refractivity contribution in [1.82, 2.24) is 0 Å². The number of halogens is 1. The summed E-state index contributed by atoms with van der Waals surface area (Å²) >= 11 is 3.64. The van der Waals surface area contributed by atoms with E-state index in [1.54, 1.807) is 4.90 Å². The summed E-state index contributed by atoms with van der Waals surface area (Å²) in [6.45, 7) is 13.0. The summed E-state index contributed by atoms with van der Waals surface area (Å²) in [5.74, 6) is 1.66. The van der Waals surface area contributed by atoms with E-state index in [1.165, 1.54) is 18.5 Å². The quantitative estimate of drug-likeness (QED) is 0.529. The van der Waals surface area contributed by atoms with Crippen molar-refractivity contribution >= 4 is 15.9 Å². The first kappa shape index (κ1) is 20.5. The van der Waals surface area contributed by atoms with Crippen LogP contribution in [-0.4, -0.2) is 52.6 Å². The van der Waals surface area contributed by atoms with E-state index in [4.69, 9.17) is 14.2 Å². The summed E-state index contributed by atoms with van der Waals surface area (Å²) < 4.78 is 18.0. The molecular formula is C19H33BrN2O3+2. The van der Waals surface area contributed by atoms with E-state index in [0.29, 0.717) is 13.2 Å². The number of quaternary nitrogens is 2. The van der Waals surface area contributed by atoms with Crippen LogP contribution >= 0.6 is 15.9 Å². The average molecular weight is 417 g/mol. The van der Waals surface area contributed by atoms with Gasteiger partial charge in [0.15, 0.2) is 11.5 Å². The molecule has 1 aliphatic heterocycles. The lowest BCUT2D eigenvalue weighted by atomic mass is 10.2. The molecule has 0 amide bonds. The molecule has 5 nitrogen and oxygen atoms in total. The molecule has 2 rings (SSSR count). The fourth-order valence-electron chi connectivity index (χ4n) is 3.02. The molecule has 1 aromatic carbocycles. The van der Waals surface area contributed by atoms with E-state index in [9.17, 15) is 0 Å². The van der Waals surface area contributed by atoms with Crippen molar-refractivity contribution in [3.63, 3.8) is 0 Å². The predicted octanol–water partition coefficient (Wildman–Crippen LogP) is 1.01. The second-order valence-corrected chi connectivity index (χ2v) is 7.29. The van der Waals surface area contributed by atoms with Crippen LogP contribution in [0.1, 0.15) is 32.3 Å². The first-order valence-corrected chi connectivity index (χ1v) is 10.3. The third-order valence-electron chi connectivity index (χ3n) is 4.34. The van der Waals surface area contributed by atoms with Crippen LogP contribution in [0.15, 0.2) is 16.6 Å². The molecule has 0 bridgehead atoms. The van der Waals surface area contributed by atoms with Gasteiger partial charge in [0, 0.05) is 12.0 Å². The van der Waals surface area contributed by atoms with Gasteiger partial charge in [-0.1, -0.05) is 6.92 Å². The number of benzene rings is 1. The summed E-state index contributed by atoms with van der Waals surface area (Å²) in [4.78, 5) is 1.68. The lowest BCUT2D eigenvalue weighted by Gasteiger charge is -2.23. The maximum Gasteiger partial charge on any atom is 0.175 e. The molecule has 1 heterocycles. The highest BCUT2D eigenvalue weighted by atomic mass is 79.9. The lowest BCUT2D eigenvalue weighted by molar-refractivity contribution is -0.909. The Bertz CT molecular complexity index is 508.